The minimum atomic E-state index is -0.237. The molecule has 24 heavy (non-hydrogen) atoms. The van der Waals surface area contributed by atoms with Crippen LogP contribution in [-0.4, -0.2) is 26.2 Å². The monoisotopic (exact) mass is 347 g/mol. The van der Waals surface area contributed by atoms with Crippen molar-refractivity contribution in [1.29, 1.82) is 0 Å². The van der Waals surface area contributed by atoms with Crippen LogP contribution in [0.3, 0.4) is 0 Å². The number of anilines is 1. The van der Waals surface area contributed by atoms with Crippen LogP contribution in [0.15, 0.2) is 24.3 Å². The third kappa shape index (κ3) is 3.53. The summed E-state index contributed by atoms with van der Waals surface area (Å²) < 4.78 is 24.3. The number of nitrogens with zero attached hydrogens (tertiary/aromatic N) is 4. The molecule has 0 fully saturated rings. The van der Waals surface area contributed by atoms with Crippen LogP contribution >= 0.6 is 11.5 Å². The predicted molar refractivity (Wildman–Crippen MR) is 90.9 cm³/mol. The number of hydrogen-bond acceptors (Lipinski definition) is 6. The van der Waals surface area contributed by atoms with Gasteiger partial charge in [-0.1, -0.05) is 12.1 Å². The zero-order chi connectivity index (χ0) is 17.1. The summed E-state index contributed by atoms with van der Waals surface area (Å²) in [7, 11) is 3.47. The predicted octanol–water partition coefficient (Wildman–Crippen LogP) is 2.93. The lowest BCUT2D eigenvalue weighted by Crippen LogP contribution is -2.04. The molecular formula is C16H18FN5OS. The number of nitrogens with one attached hydrogen (secondary N) is 1. The number of ether oxygens (including phenoxy) is 1. The van der Waals surface area contributed by atoms with Gasteiger partial charge in [0, 0.05) is 13.5 Å². The van der Waals surface area contributed by atoms with E-state index in [9.17, 15) is 4.39 Å². The Morgan fingerprint density at radius 3 is 2.75 bits per heavy atom. The first-order valence-corrected chi connectivity index (χ1v) is 8.21. The van der Waals surface area contributed by atoms with Gasteiger partial charge >= 0.3 is 0 Å². The largest absolute Gasteiger partial charge is 0.481 e. The molecule has 0 aliphatic carbocycles. The van der Waals surface area contributed by atoms with Gasteiger partial charge in [-0.2, -0.15) is 9.47 Å². The number of hydrogen-bond donors (Lipinski definition) is 1. The molecule has 2 aromatic heterocycles. The van der Waals surface area contributed by atoms with Crippen molar-refractivity contribution in [3.63, 3.8) is 0 Å². The van der Waals surface area contributed by atoms with Crippen molar-refractivity contribution in [2.75, 3.05) is 12.4 Å². The van der Waals surface area contributed by atoms with Gasteiger partial charge in [-0.25, -0.2) is 14.1 Å². The summed E-state index contributed by atoms with van der Waals surface area (Å²) >= 11 is 1.33. The quantitative estimate of drug-likeness (QED) is 0.743. The average molecular weight is 347 g/mol. The Labute approximate surface area is 143 Å². The van der Waals surface area contributed by atoms with E-state index in [1.807, 2.05) is 14.0 Å². The highest BCUT2D eigenvalue weighted by Gasteiger charge is 2.14. The summed E-state index contributed by atoms with van der Waals surface area (Å²) in [6, 6.07) is 6.42. The van der Waals surface area contributed by atoms with Crippen LogP contribution in [0.25, 0.3) is 0 Å². The SMILES string of the molecule is COc1c(CNc2nsc(Cc3ccc(F)cc3)n2)c(C)nn1C. The normalized spacial score (nSPS) is 10.8. The van der Waals surface area contributed by atoms with E-state index in [0.29, 0.717) is 18.9 Å². The second-order valence-electron chi connectivity index (χ2n) is 5.37. The molecule has 2 heterocycles. The number of aromatic nitrogens is 4. The second-order valence-corrected chi connectivity index (χ2v) is 6.20. The molecule has 0 unspecified atom stereocenters. The molecule has 0 saturated carbocycles. The van der Waals surface area contributed by atoms with Crippen molar-refractivity contribution < 1.29 is 9.13 Å². The van der Waals surface area contributed by atoms with Crippen LogP contribution in [0.2, 0.25) is 0 Å². The molecule has 0 aliphatic heterocycles. The van der Waals surface area contributed by atoms with Gasteiger partial charge in [0.1, 0.15) is 10.8 Å². The Hall–Kier alpha value is -2.48. The first-order chi connectivity index (χ1) is 11.6. The molecule has 1 aromatic carbocycles. The molecule has 6 nitrogen and oxygen atoms in total. The van der Waals surface area contributed by atoms with E-state index in [2.05, 4.69) is 19.8 Å². The minimum absolute atomic E-state index is 0.237. The molecule has 3 aromatic rings. The van der Waals surface area contributed by atoms with Crippen LogP contribution in [0.1, 0.15) is 21.8 Å². The minimum Gasteiger partial charge on any atom is -0.481 e. The van der Waals surface area contributed by atoms with E-state index in [0.717, 1.165) is 27.7 Å². The number of halogens is 1. The molecule has 0 atom stereocenters. The van der Waals surface area contributed by atoms with Crippen LogP contribution < -0.4 is 10.1 Å². The average Bonchev–Trinajstić information content (AvgIpc) is 3.11. The zero-order valence-corrected chi connectivity index (χ0v) is 14.5. The van der Waals surface area contributed by atoms with Gasteiger partial charge in [0.2, 0.25) is 11.8 Å². The first kappa shape index (κ1) is 16.4. The van der Waals surface area contributed by atoms with Crippen LogP contribution in [-0.2, 0) is 20.0 Å². The fourth-order valence-electron chi connectivity index (χ4n) is 2.48. The van der Waals surface area contributed by atoms with E-state index < -0.39 is 0 Å². The number of benzene rings is 1. The third-order valence-electron chi connectivity index (χ3n) is 3.64. The highest BCUT2D eigenvalue weighted by Crippen LogP contribution is 2.22. The van der Waals surface area contributed by atoms with E-state index in [-0.39, 0.29) is 5.82 Å². The standard InChI is InChI=1S/C16H18FN5OS/c1-10-13(15(23-3)22(2)20-10)9-18-16-19-14(24-21-16)8-11-4-6-12(17)7-5-11/h4-7H,8-9H2,1-3H3,(H,18,21). The smallest absolute Gasteiger partial charge is 0.235 e. The molecule has 0 bridgehead atoms. The van der Waals surface area contributed by atoms with Crippen molar-refractivity contribution in [2.24, 2.45) is 7.05 Å². The molecule has 0 amide bonds. The number of aryl methyl sites for hydroxylation is 2. The summed E-state index contributed by atoms with van der Waals surface area (Å²) in [6.07, 6.45) is 0.634. The van der Waals surface area contributed by atoms with Crippen LogP contribution in [0.5, 0.6) is 5.88 Å². The van der Waals surface area contributed by atoms with Gasteiger partial charge in [0.05, 0.1) is 24.9 Å². The first-order valence-electron chi connectivity index (χ1n) is 7.44. The van der Waals surface area contributed by atoms with Crippen molar-refractivity contribution in [3.8, 4) is 5.88 Å². The lowest BCUT2D eigenvalue weighted by molar-refractivity contribution is 0.369. The highest BCUT2D eigenvalue weighted by molar-refractivity contribution is 7.05. The van der Waals surface area contributed by atoms with Crippen molar-refractivity contribution >= 4 is 17.5 Å². The number of rotatable bonds is 6. The summed E-state index contributed by atoms with van der Waals surface area (Å²) in [5.41, 5.74) is 2.89. The molecule has 126 valence electrons. The van der Waals surface area contributed by atoms with Crippen LogP contribution in [0.4, 0.5) is 10.3 Å². The van der Waals surface area contributed by atoms with Crippen molar-refractivity contribution in [1.82, 2.24) is 19.1 Å². The summed E-state index contributed by atoms with van der Waals surface area (Å²) in [4.78, 5) is 4.47. The maximum atomic E-state index is 12.9. The third-order valence-corrected chi connectivity index (χ3v) is 4.35. The summed E-state index contributed by atoms with van der Waals surface area (Å²) in [6.45, 7) is 2.48. The van der Waals surface area contributed by atoms with Crippen molar-refractivity contribution in [2.45, 2.75) is 19.9 Å². The number of methoxy groups -OCH3 is 1. The van der Waals surface area contributed by atoms with Crippen molar-refractivity contribution in [3.05, 3.63) is 51.9 Å². The van der Waals surface area contributed by atoms with Gasteiger partial charge < -0.3 is 10.1 Å². The fourth-order valence-corrected chi connectivity index (χ4v) is 3.14. The molecule has 1 N–H and O–H groups in total. The van der Waals surface area contributed by atoms with E-state index in [1.54, 1.807) is 23.9 Å². The Balaban J connectivity index is 1.65. The molecule has 0 aliphatic rings. The van der Waals surface area contributed by atoms with Gasteiger partial charge in [0.15, 0.2) is 0 Å². The van der Waals surface area contributed by atoms with E-state index in [4.69, 9.17) is 4.74 Å². The topological polar surface area (TPSA) is 64.9 Å². The Morgan fingerprint density at radius 2 is 2.04 bits per heavy atom. The maximum absolute atomic E-state index is 12.9. The molecular weight excluding hydrogens is 329 g/mol. The van der Waals surface area contributed by atoms with Gasteiger partial charge in [-0.3, -0.25) is 0 Å². The fraction of sp³-hybridized carbons (Fsp3) is 0.312. The maximum Gasteiger partial charge on any atom is 0.235 e. The van der Waals surface area contributed by atoms with E-state index in [1.165, 1.54) is 23.7 Å². The molecule has 0 saturated heterocycles. The Morgan fingerprint density at radius 1 is 1.29 bits per heavy atom. The summed E-state index contributed by atoms with van der Waals surface area (Å²) in [5, 5.41) is 8.42. The second kappa shape index (κ2) is 6.96. The van der Waals surface area contributed by atoms with E-state index >= 15 is 0 Å². The molecule has 0 radical (unpaired) electrons. The van der Waals surface area contributed by atoms with Gasteiger partial charge in [-0.15, -0.1) is 0 Å². The zero-order valence-electron chi connectivity index (χ0n) is 13.7. The van der Waals surface area contributed by atoms with Gasteiger partial charge in [-0.05, 0) is 36.2 Å². The molecule has 3 rings (SSSR count). The van der Waals surface area contributed by atoms with Gasteiger partial charge in [0.25, 0.3) is 0 Å². The lowest BCUT2D eigenvalue weighted by atomic mass is 10.2. The van der Waals surface area contributed by atoms with Crippen LogP contribution in [0, 0.1) is 12.7 Å². The highest BCUT2D eigenvalue weighted by atomic mass is 32.1. The molecule has 0 spiro atoms. The molecule has 8 heteroatoms. The summed E-state index contributed by atoms with van der Waals surface area (Å²) in [5.74, 6) is 1.06. The Kier molecular flexibility index (Phi) is 4.75. The lowest BCUT2D eigenvalue weighted by Gasteiger charge is -2.05. The Bertz CT molecular complexity index is 828.